The summed E-state index contributed by atoms with van der Waals surface area (Å²) in [6.45, 7) is 6.87. The summed E-state index contributed by atoms with van der Waals surface area (Å²) < 4.78 is 7.19. The molecule has 3 rings (SSSR count). The molecular formula is C13H19N5O. The van der Waals surface area contributed by atoms with E-state index in [0.29, 0.717) is 6.04 Å². The number of nitrogens with one attached hydrogen (secondary N) is 1. The second-order valence-corrected chi connectivity index (χ2v) is 4.90. The molecule has 2 aromatic heterocycles. The maximum Gasteiger partial charge on any atom is 0.152 e. The highest BCUT2D eigenvalue weighted by atomic mass is 16.5. The van der Waals surface area contributed by atoms with Crippen LogP contribution in [-0.4, -0.2) is 58.4 Å². The smallest absolute Gasteiger partial charge is 0.152 e. The molecule has 0 aliphatic carbocycles. The van der Waals surface area contributed by atoms with Crippen molar-refractivity contribution < 1.29 is 4.74 Å². The van der Waals surface area contributed by atoms with Gasteiger partial charge in [0, 0.05) is 38.1 Å². The Hall–Kier alpha value is -1.66. The van der Waals surface area contributed by atoms with Crippen LogP contribution < -0.4 is 5.32 Å². The number of nitrogens with zero attached hydrogens (tertiary/aromatic N) is 4. The summed E-state index contributed by atoms with van der Waals surface area (Å²) in [6.07, 6.45) is 5.41. The average Bonchev–Trinajstić information content (AvgIpc) is 2.89. The third-order valence-electron chi connectivity index (χ3n) is 3.34. The monoisotopic (exact) mass is 261 g/mol. The summed E-state index contributed by atoms with van der Waals surface area (Å²) in [5.74, 6) is 0.890. The van der Waals surface area contributed by atoms with Crippen molar-refractivity contribution in [1.82, 2.24) is 19.5 Å². The highest BCUT2D eigenvalue weighted by Crippen LogP contribution is 2.13. The SMILES string of the molecule is CC(CN1CCOCC1)Nc1nccn2nccc12. The third kappa shape index (κ3) is 2.85. The van der Waals surface area contributed by atoms with E-state index in [0.717, 1.165) is 44.2 Å². The number of aromatic nitrogens is 3. The Morgan fingerprint density at radius 1 is 1.37 bits per heavy atom. The van der Waals surface area contributed by atoms with E-state index in [1.807, 2.05) is 16.8 Å². The number of morpholine rings is 1. The van der Waals surface area contributed by atoms with E-state index in [1.165, 1.54) is 0 Å². The molecule has 3 heterocycles. The van der Waals surface area contributed by atoms with Gasteiger partial charge < -0.3 is 10.1 Å². The van der Waals surface area contributed by atoms with E-state index in [2.05, 4.69) is 27.2 Å². The molecule has 0 radical (unpaired) electrons. The van der Waals surface area contributed by atoms with Gasteiger partial charge in [-0.25, -0.2) is 9.50 Å². The van der Waals surface area contributed by atoms with Gasteiger partial charge in [-0.2, -0.15) is 5.10 Å². The quantitative estimate of drug-likeness (QED) is 0.884. The second-order valence-electron chi connectivity index (χ2n) is 4.90. The normalized spacial score (nSPS) is 18.6. The summed E-state index contributed by atoms with van der Waals surface area (Å²) in [5.41, 5.74) is 1.01. The van der Waals surface area contributed by atoms with Crippen LogP contribution in [0.1, 0.15) is 6.92 Å². The topological polar surface area (TPSA) is 54.7 Å². The third-order valence-corrected chi connectivity index (χ3v) is 3.34. The van der Waals surface area contributed by atoms with Gasteiger partial charge in [-0.3, -0.25) is 4.90 Å². The number of hydrogen-bond acceptors (Lipinski definition) is 5. The standard InChI is InChI=1S/C13H19N5O/c1-11(10-17-6-8-19-9-7-17)16-13-12-2-3-15-18(12)5-4-14-13/h2-5,11H,6-10H2,1H3,(H,14,16). The van der Waals surface area contributed by atoms with Gasteiger partial charge in [-0.1, -0.05) is 0 Å². The Labute approximate surface area is 112 Å². The second kappa shape index (κ2) is 5.54. The molecule has 0 aromatic carbocycles. The van der Waals surface area contributed by atoms with Crippen LogP contribution in [0.2, 0.25) is 0 Å². The zero-order valence-corrected chi connectivity index (χ0v) is 11.1. The molecule has 1 aliphatic rings. The van der Waals surface area contributed by atoms with Crippen molar-refractivity contribution >= 4 is 11.3 Å². The molecule has 1 fully saturated rings. The summed E-state index contributed by atoms with van der Waals surface area (Å²) in [5, 5.41) is 7.68. The Balaban J connectivity index is 1.65. The number of anilines is 1. The van der Waals surface area contributed by atoms with Gasteiger partial charge in [-0.15, -0.1) is 0 Å². The van der Waals surface area contributed by atoms with Gasteiger partial charge in [0.1, 0.15) is 5.52 Å². The minimum absolute atomic E-state index is 0.340. The van der Waals surface area contributed by atoms with Crippen LogP contribution in [-0.2, 0) is 4.74 Å². The molecule has 0 saturated carbocycles. The van der Waals surface area contributed by atoms with Crippen molar-refractivity contribution in [2.75, 3.05) is 38.2 Å². The largest absolute Gasteiger partial charge is 0.379 e. The maximum atomic E-state index is 5.36. The maximum absolute atomic E-state index is 5.36. The van der Waals surface area contributed by atoms with Gasteiger partial charge in [0.2, 0.25) is 0 Å². The van der Waals surface area contributed by atoms with Crippen LogP contribution in [0.15, 0.2) is 24.7 Å². The lowest BCUT2D eigenvalue weighted by Crippen LogP contribution is -2.42. The van der Waals surface area contributed by atoms with Gasteiger partial charge in [0.15, 0.2) is 5.82 Å². The zero-order chi connectivity index (χ0) is 13.1. The van der Waals surface area contributed by atoms with Crippen LogP contribution in [0.5, 0.6) is 0 Å². The van der Waals surface area contributed by atoms with Crippen molar-refractivity contribution in [2.45, 2.75) is 13.0 Å². The van der Waals surface area contributed by atoms with Gasteiger partial charge in [0.05, 0.1) is 19.4 Å². The molecule has 0 spiro atoms. The molecule has 2 aromatic rings. The van der Waals surface area contributed by atoms with Crippen molar-refractivity contribution in [2.24, 2.45) is 0 Å². The predicted octanol–water partition coefficient (Wildman–Crippen LogP) is 0.862. The molecule has 102 valence electrons. The van der Waals surface area contributed by atoms with E-state index in [4.69, 9.17) is 4.74 Å². The molecule has 6 nitrogen and oxygen atoms in total. The molecule has 1 unspecified atom stereocenters. The molecule has 6 heteroatoms. The minimum atomic E-state index is 0.340. The van der Waals surface area contributed by atoms with Gasteiger partial charge in [0.25, 0.3) is 0 Å². The molecule has 0 bridgehead atoms. The van der Waals surface area contributed by atoms with Crippen LogP contribution in [0, 0.1) is 0 Å². The van der Waals surface area contributed by atoms with E-state index < -0.39 is 0 Å². The van der Waals surface area contributed by atoms with Gasteiger partial charge >= 0.3 is 0 Å². The van der Waals surface area contributed by atoms with Crippen LogP contribution >= 0.6 is 0 Å². The average molecular weight is 261 g/mol. The van der Waals surface area contributed by atoms with Crippen molar-refractivity contribution in [3.63, 3.8) is 0 Å². The fourth-order valence-corrected chi connectivity index (χ4v) is 2.42. The predicted molar refractivity (Wildman–Crippen MR) is 73.3 cm³/mol. The zero-order valence-electron chi connectivity index (χ0n) is 11.1. The fourth-order valence-electron chi connectivity index (χ4n) is 2.42. The number of hydrogen-bond donors (Lipinski definition) is 1. The van der Waals surface area contributed by atoms with Crippen LogP contribution in [0.4, 0.5) is 5.82 Å². The van der Waals surface area contributed by atoms with E-state index >= 15 is 0 Å². The summed E-state index contributed by atoms with van der Waals surface area (Å²) >= 11 is 0. The molecular weight excluding hydrogens is 242 g/mol. The first-order chi connectivity index (χ1) is 9.33. The summed E-state index contributed by atoms with van der Waals surface area (Å²) in [4.78, 5) is 6.81. The lowest BCUT2D eigenvalue weighted by atomic mass is 10.3. The Bertz CT molecular complexity index is 535. The molecule has 0 amide bonds. The van der Waals surface area contributed by atoms with Crippen molar-refractivity contribution in [1.29, 1.82) is 0 Å². The summed E-state index contributed by atoms with van der Waals surface area (Å²) in [6, 6.07) is 2.31. The van der Waals surface area contributed by atoms with Crippen molar-refractivity contribution in [3.05, 3.63) is 24.7 Å². The van der Waals surface area contributed by atoms with Crippen LogP contribution in [0.3, 0.4) is 0 Å². The Morgan fingerprint density at radius 3 is 3.05 bits per heavy atom. The molecule has 19 heavy (non-hydrogen) atoms. The summed E-state index contributed by atoms with van der Waals surface area (Å²) in [7, 11) is 0. The first-order valence-corrected chi connectivity index (χ1v) is 6.68. The Kier molecular flexibility index (Phi) is 3.61. The van der Waals surface area contributed by atoms with E-state index in [1.54, 1.807) is 12.4 Å². The first-order valence-electron chi connectivity index (χ1n) is 6.68. The van der Waals surface area contributed by atoms with E-state index in [-0.39, 0.29) is 0 Å². The van der Waals surface area contributed by atoms with Gasteiger partial charge in [-0.05, 0) is 13.0 Å². The highest BCUT2D eigenvalue weighted by Gasteiger charge is 2.14. The molecule has 1 atom stereocenters. The fraction of sp³-hybridized carbons (Fsp3) is 0.538. The van der Waals surface area contributed by atoms with E-state index in [9.17, 15) is 0 Å². The number of fused-ring (bicyclic) bond motifs is 1. The number of rotatable bonds is 4. The lowest BCUT2D eigenvalue weighted by molar-refractivity contribution is 0.0368. The lowest BCUT2D eigenvalue weighted by Gasteiger charge is -2.29. The van der Waals surface area contributed by atoms with Crippen molar-refractivity contribution in [3.8, 4) is 0 Å². The highest BCUT2D eigenvalue weighted by molar-refractivity contribution is 5.66. The van der Waals surface area contributed by atoms with Crippen LogP contribution in [0.25, 0.3) is 5.52 Å². The molecule has 1 saturated heterocycles. The number of ether oxygens (including phenoxy) is 1. The minimum Gasteiger partial charge on any atom is -0.379 e. The molecule has 1 aliphatic heterocycles. The first kappa shape index (κ1) is 12.4. The Morgan fingerprint density at radius 2 is 2.21 bits per heavy atom. The molecule has 1 N–H and O–H groups in total.